The highest BCUT2D eigenvalue weighted by molar-refractivity contribution is 5.76. The van der Waals surface area contributed by atoms with Crippen LogP contribution in [-0.2, 0) is 4.79 Å². The van der Waals surface area contributed by atoms with E-state index in [1.165, 1.54) is 0 Å². The fourth-order valence-corrected chi connectivity index (χ4v) is 2.30. The van der Waals surface area contributed by atoms with Gasteiger partial charge in [0.2, 0.25) is 5.91 Å². The number of aromatic nitrogens is 3. The molecule has 1 unspecified atom stereocenters. The van der Waals surface area contributed by atoms with Crippen molar-refractivity contribution in [1.29, 1.82) is 0 Å². The van der Waals surface area contributed by atoms with E-state index in [1.807, 2.05) is 26.0 Å². The van der Waals surface area contributed by atoms with E-state index in [0.29, 0.717) is 30.2 Å². The van der Waals surface area contributed by atoms with Crippen LogP contribution in [0.25, 0.3) is 11.4 Å². The van der Waals surface area contributed by atoms with E-state index in [2.05, 4.69) is 20.5 Å². The number of hydrogen-bond donors (Lipinski definition) is 2. The first-order valence-corrected chi connectivity index (χ1v) is 8.05. The molecule has 0 fully saturated rings. The Labute approximate surface area is 140 Å². The summed E-state index contributed by atoms with van der Waals surface area (Å²) in [7, 11) is 0. The largest absolute Gasteiger partial charge is 0.493 e. The van der Waals surface area contributed by atoms with Crippen molar-refractivity contribution in [1.82, 2.24) is 20.5 Å². The number of benzene rings is 1. The minimum atomic E-state index is -0.503. The van der Waals surface area contributed by atoms with Crippen LogP contribution in [0.1, 0.15) is 45.3 Å². The van der Waals surface area contributed by atoms with Gasteiger partial charge in [0, 0.05) is 6.42 Å². The third kappa shape index (κ3) is 4.18. The number of hydrogen-bond acceptors (Lipinski definition) is 5. The Balaban J connectivity index is 2.27. The molecule has 1 atom stereocenters. The number of nitrogens with zero attached hydrogens (tertiary/aromatic N) is 2. The molecule has 0 aliphatic carbocycles. The van der Waals surface area contributed by atoms with Gasteiger partial charge in [0.05, 0.1) is 18.2 Å². The Morgan fingerprint density at radius 1 is 1.29 bits per heavy atom. The highest BCUT2D eigenvalue weighted by Crippen LogP contribution is 2.26. The van der Waals surface area contributed by atoms with Gasteiger partial charge in [-0.25, -0.2) is 0 Å². The van der Waals surface area contributed by atoms with Crippen molar-refractivity contribution in [2.24, 2.45) is 0 Å². The molecule has 2 aromatic rings. The summed E-state index contributed by atoms with van der Waals surface area (Å²) in [6.45, 7) is 6.02. The first kappa shape index (κ1) is 17.7. The molecule has 1 heterocycles. The number of carbonyl (C=O) groups excluding carboxylic acids is 1. The van der Waals surface area contributed by atoms with Gasteiger partial charge in [0.1, 0.15) is 5.75 Å². The van der Waals surface area contributed by atoms with E-state index >= 15 is 0 Å². The maximum Gasteiger partial charge on any atom is 0.275 e. The van der Waals surface area contributed by atoms with Crippen LogP contribution in [-0.4, -0.2) is 27.7 Å². The van der Waals surface area contributed by atoms with Gasteiger partial charge in [-0.05, 0) is 32.4 Å². The zero-order valence-corrected chi connectivity index (χ0v) is 14.1. The Hall–Kier alpha value is -2.70. The van der Waals surface area contributed by atoms with Gasteiger partial charge in [0.15, 0.2) is 11.5 Å². The summed E-state index contributed by atoms with van der Waals surface area (Å²) in [5.74, 6) is 0.846. The molecule has 0 radical (unpaired) electrons. The van der Waals surface area contributed by atoms with E-state index < -0.39 is 6.04 Å². The van der Waals surface area contributed by atoms with Gasteiger partial charge >= 0.3 is 0 Å². The molecule has 1 aromatic heterocycles. The predicted octanol–water partition coefficient (Wildman–Crippen LogP) is 2.21. The van der Waals surface area contributed by atoms with Gasteiger partial charge in [-0.2, -0.15) is 0 Å². The van der Waals surface area contributed by atoms with Crippen LogP contribution in [0, 0.1) is 0 Å². The minimum absolute atomic E-state index is 0.114. The fraction of sp³-hybridized carbons (Fsp3) is 0.412. The Kier molecular flexibility index (Phi) is 6.06. The van der Waals surface area contributed by atoms with Crippen LogP contribution in [0.2, 0.25) is 0 Å². The summed E-state index contributed by atoms with van der Waals surface area (Å²) >= 11 is 0. The van der Waals surface area contributed by atoms with Crippen molar-refractivity contribution < 1.29 is 9.53 Å². The predicted molar refractivity (Wildman–Crippen MR) is 90.7 cm³/mol. The number of rotatable bonds is 7. The number of ether oxygens (including phenoxy) is 1. The average Bonchev–Trinajstić information content (AvgIpc) is 2.55. The summed E-state index contributed by atoms with van der Waals surface area (Å²) < 4.78 is 5.54. The molecular weight excluding hydrogens is 308 g/mol. The summed E-state index contributed by atoms with van der Waals surface area (Å²) in [6.07, 6.45) is 1.16. The summed E-state index contributed by atoms with van der Waals surface area (Å²) in [5.41, 5.74) is 0.464. The SMILES string of the molecule is CCCC(=O)NC(C)c1nnc(-c2ccccc2OCC)[nH]c1=O. The van der Waals surface area contributed by atoms with Crippen LogP contribution < -0.4 is 15.6 Å². The van der Waals surface area contributed by atoms with Gasteiger partial charge in [-0.3, -0.25) is 9.59 Å². The summed E-state index contributed by atoms with van der Waals surface area (Å²) in [5, 5.41) is 10.8. The molecule has 7 nitrogen and oxygen atoms in total. The molecule has 0 saturated heterocycles. The molecule has 24 heavy (non-hydrogen) atoms. The lowest BCUT2D eigenvalue weighted by molar-refractivity contribution is -0.121. The molecule has 0 spiro atoms. The van der Waals surface area contributed by atoms with Crippen molar-refractivity contribution in [3.8, 4) is 17.1 Å². The Morgan fingerprint density at radius 2 is 2.04 bits per heavy atom. The van der Waals surface area contributed by atoms with E-state index in [-0.39, 0.29) is 17.2 Å². The summed E-state index contributed by atoms with van der Waals surface area (Å²) in [6, 6.07) is 6.78. The number of nitrogens with one attached hydrogen (secondary N) is 2. The van der Waals surface area contributed by atoms with Crippen LogP contribution >= 0.6 is 0 Å². The molecule has 0 aliphatic heterocycles. The highest BCUT2D eigenvalue weighted by atomic mass is 16.5. The van der Waals surface area contributed by atoms with E-state index in [1.54, 1.807) is 19.1 Å². The normalized spacial score (nSPS) is 11.8. The van der Waals surface area contributed by atoms with Crippen molar-refractivity contribution in [3.63, 3.8) is 0 Å². The molecule has 0 aliphatic rings. The molecule has 7 heteroatoms. The van der Waals surface area contributed by atoms with Crippen molar-refractivity contribution in [2.75, 3.05) is 6.61 Å². The van der Waals surface area contributed by atoms with Gasteiger partial charge in [-0.15, -0.1) is 10.2 Å². The number of amides is 1. The second-order valence-electron chi connectivity index (χ2n) is 5.36. The van der Waals surface area contributed by atoms with E-state index in [4.69, 9.17) is 4.74 Å². The maximum absolute atomic E-state index is 12.3. The Bertz CT molecular complexity index is 757. The van der Waals surface area contributed by atoms with E-state index in [9.17, 15) is 9.59 Å². The lowest BCUT2D eigenvalue weighted by Crippen LogP contribution is -2.32. The maximum atomic E-state index is 12.3. The quantitative estimate of drug-likeness (QED) is 0.811. The van der Waals surface area contributed by atoms with Crippen LogP contribution in [0.4, 0.5) is 0 Å². The van der Waals surface area contributed by atoms with Crippen molar-refractivity contribution in [3.05, 3.63) is 40.3 Å². The first-order chi connectivity index (χ1) is 11.6. The molecule has 0 saturated carbocycles. The van der Waals surface area contributed by atoms with Gasteiger partial charge < -0.3 is 15.0 Å². The molecule has 2 N–H and O–H groups in total. The number of para-hydroxylation sites is 1. The third-order valence-corrected chi connectivity index (χ3v) is 3.43. The number of aromatic amines is 1. The topological polar surface area (TPSA) is 97.0 Å². The Morgan fingerprint density at radius 3 is 2.71 bits per heavy atom. The van der Waals surface area contributed by atoms with Gasteiger partial charge in [0.25, 0.3) is 5.56 Å². The highest BCUT2D eigenvalue weighted by Gasteiger charge is 2.17. The molecular formula is C17H22N4O3. The molecule has 2 rings (SSSR count). The van der Waals surface area contributed by atoms with E-state index in [0.717, 1.165) is 6.42 Å². The fourth-order valence-electron chi connectivity index (χ4n) is 2.30. The molecule has 1 amide bonds. The zero-order valence-electron chi connectivity index (χ0n) is 14.1. The lowest BCUT2D eigenvalue weighted by Gasteiger charge is -2.13. The third-order valence-electron chi connectivity index (χ3n) is 3.43. The average molecular weight is 330 g/mol. The molecule has 1 aromatic carbocycles. The van der Waals surface area contributed by atoms with Crippen molar-refractivity contribution in [2.45, 2.75) is 39.7 Å². The van der Waals surface area contributed by atoms with Crippen molar-refractivity contribution >= 4 is 5.91 Å². The number of H-pyrrole nitrogens is 1. The standard InChI is InChI=1S/C17H22N4O3/c1-4-8-14(22)18-11(3)15-17(23)19-16(21-20-15)12-9-6-7-10-13(12)24-5-2/h6-7,9-11H,4-5,8H2,1-3H3,(H,18,22)(H,19,21,23). The monoisotopic (exact) mass is 330 g/mol. The minimum Gasteiger partial charge on any atom is -0.493 e. The van der Waals surface area contributed by atoms with Gasteiger partial charge in [-0.1, -0.05) is 19.1 Å². The molecule has 0 bridgehead atoms. The first-order valence-electron chi connectivity index (χ1n) is 8.05. The second kappa shape index (κ2) is 8.24. The van der Waals surface area contributed by atoms with Crippen LogP contribution in [0.3, 0.4) is 0 Å². The smallest absolute Gasteiger partial charge is 0.275 e. The number of carbonyl (C=O) groups is 1. The lowest BCUT2D eigenvalue weighted by atomic mass is 10.2. The van der Waals surface area contributed by atoms with Crippen LogP contribution in [0.5, 0.6) is 5.75 Å². The second-order valence-corrected chi connectivity index (χ2v) is 5.36. The summed E-state index contributed by atoms with van der Waals surface area (Å²) in [4.78, 5) is 26.7. The molecule has 128 valence electrons. The zero-order chi connectivity index (χ0) is 17.5. The van der Waals surface area contributed by atoms with Crippen LogP contribution in [0.15, 0.2) is 29.1 Å².